The van der Waals surface area contributed by atoms with E-state index in [0.29, 0.717) is 6.04 Å². The lowest BCUT2D eigenvalue weighted by atomic mass is 10.0. The molecule has 0 aromatic rings. The van der Waals surface area contributed by atoms with E-state index in [2.05, 4.69) is 22.5 Å². The molecule has 20 heavy (non-hydrogen) atoms. The summed E-state index contributed by atoms with van der Waals surface area (Å²) < 4.78 is 0. The van der Waals surface area contributed by atoms with Crippen LogP contribution >= 0.6 is 24.8 Å². The maximum absolute atomic E-state index is 12.1. The molecule has 2 N–H and O–H groups in total. The molecule has 2 saturated heterocycles. The molecule has 2 aliphatic heterocycles. The molecule has 0 unspecified atom stereocenters. The molecule has 2 aliphatic rings. The van der Waals surface area contributed by atoms with Crippen LogP contribution in [0.25, 0.3) is 0 Å². The zero-order valence-corrected chi connectivity index (χ0v) is 14.0. The highest BCUT2D eigenvalue weighted by Gasteiger charge is 2.25. The molecule has 2 heterocycles. The van der Waals surface area contributed by atoms with Gasteiger partial charge in [-0.1, -0.05) is 13.3 Å². The molecular weight excluding hydrogens is 297 g/mol. The number of hydrogen-bond donors (Lipinski definition) is 2. The molecule has 0 aliphatic carbocycles. The first-order valence-corrected chi connectivity index (χ1v) is 7.55. The van der Waals surface area contributed by atoms with Crippen molar-refractivity contribution in [3.05, 3.63) is 0 Å². The van der Waals surface area contributed by atoms with Crippen LogP contribution in [0.1, 0.15) is 45.4 Å². The minimum atomic E-state index is 0. The van der Waals surface area contributed by atoms with Crippen molar-refractivity contribution >= 4 is 30.7 Å². The van der Waals surface area contributed by atoms with Gasteiger partial charge < -0.3 is 15.5 Å². The molecule has 0 aromatic carbocycles. The number of rotatable bonds is 4. The van der Waals surface area contributed by atoms with Crippen LogP contribution in [-0.2, 0) is 4.79 Å². The van der Waals surface area contributed by atoms with Crippen molar-refractivity contribution in [2.24, 2.45) is 0 Å². The van der Waals surface area contributed by atoms with E-state index < -0.39 is 0 Å². The van der Waals surface area contributed by atoms with Gasteiger partial charge in [-0.2, -0.15) is 0 Å². The second kappa shape index (κ2) is 10.7. The fraction of sp³-hybridized carbons (Fsp3) is 0.929. The van der Waals surface area contributed by atoms with Crippen molar-refractivity contribution in [3.8, 4) is 0 Å². The Kier molecular flexibility index (Phi) is 10.6. The van der Waals surface area contributed by atoms with Crippen molar-refractivity contribution in [3.63, 3.8) is 0 Å². The van der Waals surface area contributed by atoms with Crippen LogP contribution in [0.15, 0.2) is 0 Å². The number of hydrogen-bond acceptors (Lipinski definition) is 3. The number of carbonyl (C=O) groups excluding carboxylic acids is 1. The minimum absolute atomic E-state index is 0. The lowest BCUT2D eigenvalue weighted by molar-refractivity contribution is -0.124. The van der Waals surface area contributed by atoms with Crippen molar-refractivity contribution < 1.29 is 4.79 Å². The summed E-state index contributed by atoms with van der Waals surface area (Å²) in [7, 11) is 0. The second-order valence-electron chi connectivity index (χ2n) is 5.63. The van der Waals surface area contributed by atoms with Gasteiger partial charge in [0.1, 0.15) is 0 Å². The standard InChI is InChI=1S/C14H27N3O.2ClH/c1-2-9-17-10-6-12(7-11-17)16-14(18)13-5-3-4-8-15-13;;/h12-13,15H,2-11H2,1H3,(H,16,18);2*1H/t13-;;/m0../s1. The fourth-order valence-electron chi connectivity index (χ4n) is 2.99. The van der Waals surface area contributed by atoms with E-state index in [4.69, 9.17) is 0 Å². The van der Waals surface area contributed by atoms with Crippen LogP contribution in [0.3, 0.4) is 0 Å². The molecule has 4 nitrogen and oxygen atoms in total. The van der Waals surface area contributed by atoms with E-state index in [9.17, 15) is 4.79 Å². The van der Waals surface area contributed by atoms with E-state index in [0.717, 1.165) is 38.9 Å². The van der Waals surface area contributed by atoms with Gasteiger partial charge in [0.25, 0.3) is 0 Å². The number of piperidine rings is 2. The summed E-state index contributed by atoms with van der Waals surface area (Å²) >= 11 is 0. The smallest absolute Gasteiger partial charge is 0.237 e. The molecular formula is C14H29Cl2N3O. The lowest BCUT2D eigenvalue weighted by Gasteiger charge is -2.33. The van der Waals surface area contributed by atoms with Crippen LogP contribution in [-0.4, -0.2) is 49.1 Å². The first kappa shape index (κ1) is 20.0. The highest BCUT2D eigenvalue weighted by atomic mass is 35.5. The SMILES string of the molecule is CCCN1CCC(NC(=O)[C@@H]2CCCCN2)CC1.Cl.Cl. The van der Waals surface area contributed by atoms with Gasteiger partial charge in [-0.05, 0) is 45.2 Å². The molecule has 0 aromatic heterocycles. The van der Waals surface area contributed by atoms with Gasteiger partial charge in [0, 0.05) is 19.1 Å². The summed E-state index contributed by atoms with van der Waals surface area (Å²) in [5.74, 6) is 0.226. The Morgan fingerprint density at radius 3 is 2.45 bits per heavy atom. The highest BCUT2D eigenvalue weighted by Crippen LogP contribution is 2.12. The minimum Gasteiger partial charge on any atom is -0.352 e. The maximum atomic E-state index is 12.1. The molecule has 6 heteroatoms. The Hall–Kier alpha value is -0.0300. The van der Waals surface area contributed by atoms with Gasteiger partial charge >= 0.3 is 0 Å². The van der Waals surface area contributed by atoms with Gasteiger partial charge in [-0.3, -0.25) is 4.79 Å². The summed E-state index contributed by atoms with van der Waals surface area (Å²) in [5.41, 5.74) is 0. The van der Waals surface area contributed by atoms with Gasteiger partial charge in [0.2, 0.25) is 5.91 Å². The quantitative estimate of drug-likeness (QED) is 0.830. The Balaban J connectivity index is 0.00000180. The van der Waals surface area contributed by atoms with Crippen molar-refractivity contribution in [1.29, 1.82) is 0 Å². The molecule has 2 fully saturated rings. The molecule has 0 spiro atoms. The van der Waals surface area contributed by atoms with Gasteiger partial charge in [0.05, 0.1) is 6.04 Å². The number of amides is 1. The third kappa shape index (κ3) is 6.17. The monoisotopic (exact) mass is 325 g/mol. The Morgan fingerprint density at radius 1 is 1.20 bits per heavy atom. The van der Waals surface area contributed by atoms with Gasteiger partial charge in [0.15, 0.2) is 0 Å². The fourth-order valence-corrected chi connectivity index (χ4v) is 2.99. The van der Waals surface area contributed by atoms with E-state index >= 15 is 0 Å². The molecule has 1 atom stereocenters. The van der Waals surface area contributed by atoms with Crippen LogP contribution in [0.2, 0.25) is 0 Å². The van der Waals surface area contributed by atoms with Gasteiger partial charge in [-0.15, -0.1) is 24.8 Å². The zero-order valence-electron chi connectivity index (χ0n) is 12.4. The number of likely N-dealkylation sites (tertiary alicyclic amines) is 1. The summed E-state index contributed by atoms with van der Waals surface area (Å²) in [6.07, 6.45) is 6.83. The van der Waals surface area contributed by atoms with E-state index in [1.165, 1.54) is 25.8 Å². The maximum Gasteiger partial charge on any atom is 0.237 e. The topological polar surface area (TPSA) is 44.4 Å². The first-order chi connectivity index (χ1) is 8.79. The van der Waals surface area contributed by atoms with Crippen LogP contribution < -0.4 is 10.6 Å². The number of nitrogens with one attached hydrogen (secondary N) is 2. The summed E-state index contributed by atoms with van der Waals surface area (Å²) in [6.45, 7) is 6.69. The molecule has 0 bridgehead atoms. The summed E-state index contributed by atoms with van der Waals surface area (Å²) in [6, 6.07) is 0.460. The van der Waals surface area contributed by atoms with Gasteiger partial charge in [-0.25, -0.2) is 0 Å². The lowest BCUT2D eigenvalue weighted by Crippen LogP contribution is -2.52. The van der Waals surface area contributed by atoms with E-state index in [1.54, 1.807) is 0 Å². The molecule has 0 radical (unpaired) electrons. The largest absolute Gasteiger partial charge is 0.352 e. The Labute approximate surface area is 135 Å². The Morgan fingerprint density at radius 2 is 1.90 bits per heavy atom. The predicted molar refractivity (Wildman–Crippen MR) is 88.0 cm³/mol. The zero-order chi connectivity index (χ0) is 12.8. The average Bonchev–Trinajstić information content (AvgIpc) is 2.42. The molecule has 1 amide bonds. The number of halogens is 2. The Bertz CT molecular complexity index is 265. The number of nitrogens with zero attached hydrogens (tertiary/aromatic N) is 1. The third-order valence-electron chi connectivity index (χ3n) is 4.10. The summed E-state index contributed by atoms with van der Waals surface area (Å²) in [4.78, 5) is 14.6. The molecule has 120 valence electrons. The molecule has 2 rings (SSSR count). The second-order valence-corrected chi connectivity index (χ2v) is 5.63. The van der Waals surface area contributed by atoms with Crippen molar-refractivity contribution in [2.75, 3.05) is 26.2 Å². The highest BCUT2D eigenvalue weighted by molar-refractivity contribution is 5.85. The molecule has 0 saturated carbocycles. The van der Waals surface area contributed by atoms with Crippen LogP contribution in [0.5, 0.6) is 0 Å². The predicted octanol–water partition coefficient (Wildman–Crippen LogP) is 1.96. The average molecular weight is 326 g/mol. The summed E-state index contributed by atoms with van der Waals surface area (Å²) in [5, 5.41) is 6.54. The van der Waals surface area contributed by atoms with Crippen LogP contribution in [0.4, 0.5) is 0 Å². The van der Waals surface area contributed by atoms with Crippen molar-refractivity contribution in [1.82, 2.24) is 15.5 Å². The first-order valence-electron chi connectivity index (χ1n) is 7.55. The van der Waals surface area contributed by atoms with Crippen molar-refractivity contribution in [2.45, 2.75) is 57.5 Å². The van der Waals surface area contributed by atoms with E-state index in [-0.39, 0.29) is 36.8 Å². The third-order valence-corrected chi connectivity index (χ3v) is 4.10. The van der Waals surface area contributed by atoms with E-state index in [1.807, 2.05) is 0 Å². The normalized spacial score (nSPS) is 24.4. The van der Waals surface area contributed by atoms with Crippen LogP contribution in [0, 0.1) is 0 Å². The number of carbonyl (C=O) groups is 1.